The molecule has 0 spiro atoms. The highest BCUT2D eigenvalue weighted by Gasteiger charge is 2.30. The number of hydrogen-bond acceptors (Lipinski definition) is 5. The Morgan fingerprint density at radius 2 is 1.69 bits per heavy atom. The number of fused-ring (bicyclic) bond motifs is 3. The van der Waals surface area contributed by atoms with Crippen LogP contribution in [0.25, 0.3) is 11.1 Å². The van der Waals surface area contributed by atoms with E-state index in [-0.39, 0.29) is 29.8 Å². The number of nitrogens with one attached hydrogen (secondary N) is 2. The van der Waals surface area contributed by atoms with Crippen LogP contribution >= 0.6 is 0 Å². The second-order valence-corrected chi connectivity index (χ2v) is 8.69. The molecule has 0 radical (unpaired) electrons. The summed E-state index contributed by atoms with van der Waals surface area (Å²) < 4.78 is 6.91. The molecule has 9 heteroatoms. The number of carboxylic acids is 1. The van der Waals surface area contributed by atoms with E-state index in [2.05, 4.69) is 27.9 Å². The minimum Gasteiger partial charge on any atom is -0.480 e. The summed E-state index contributed by atoms with van der Waals surface area (Å²) in [4.78, 5) is 37.1. The lowest BCUT2D eigenvalue weighted by Crippen LogP contribution is -2.45. The van der Waals surface area contributed by atoms with Crippen molar-refractivity contribution in [2.75, 3.05) is 11.9 Å². The molecule has 0 bridgehead atoms. The first-order valence-corrected chi connectivity index (χ1v) is 11.5. The summed E-state index contributed by atoms with van der Waals surface area (Å²) in [5.41, 5.74) is 4.47. The lowest BCUT2D eigenvalue weighted by molar-refractivity contribution is -0.140. The van der Waals surface area contributed by atoms with Gasteiger partial charge in [0.15, 0.2) is 5.82 Å². The van der Waals surface area contributed by atoms with Crippen molar-refractivity contribution in [1.82, 2.24) is 15.1 Å². The maximum atomic E-state index is 12.8. The molecule has 1 aliphatic rings. The van der Waals surface area contributed by atoms with E-state index >= 15 is 0 Å². The number of ether oxygens (including phenoxy) is 1. The van der Waals surface area contributed by atoms with Crippen molar-refractivity contribution < 1.29 is 24.2 Å². The summed E-state index contributed by atoms with van der Waals surface area (Å²) in [7, 11) is 1.60. The van der Waals surface area contributed by atoms with E-state index in [4.69, 9.17) is 4.74 Å². The Kier molecular flexibility index (Phi) is 6.86. The number of anilines is 1. The maximum Gasteiger partial charge on any atom is 0.412 e. The van der Waals surface area contributed by atoms with Gasteiger partial charge in [0, 0.05) is 19.2 Å². The second kappa shape index (κ2) is 10.0. The van der Waals surface area contributed by atoms with Crippen LogP contribution in [0, 0.1) is 5.92 Å². The Morgan fingerprint density at radius 3 is 2.26 bits per heavy atom. The van der Waals surface area contributed by atoms with E-state index in [9.17, 15) is 19.5 Å². The van der Waals surface area contributed by atoms with Gasteiger partial charge in [-0.2, -0.15) is 5.10 Å². The molecule has 1 aromatic heterocycles. The molecule has 0 saturated heterocycles. The number of aryl methyl sites for hydroxylation is 1. The fourth-order valence-corrected chi connectivity index (χ4v) is 4.38. The van der Waals surface area contributed by atoms with Crippen LogP contribution in [0.5, 0.6) is 0 Å². The zero-order valence-corrected chi connectivity index (χ0v) is 19.8. The van der Waals surface area contributed by atoms with Gasteiger partial charge in [-0.3, -0.25) is 14.8 Å². The molecule has 2 amide bonds. The lowest BCUT2D eigenvalue weighted by Gasteiger charge is -2.20. The van der Waals surface area contributed by atoms with Crippen LogP contribution in [-0.2, 0) is 16.6 Å². The summed E-state index contributed by atoms with van der Waals surface area (Å²) in [5.74, 6) is -2.14. The number of carbonyl (C=O) groups is 3. The first-order chi connectivity index (χ1) is 16.8. The monoisotopic (exact) mass is 476 g/mol. The van der Waals surface area contributed by atoms with Gasteiger partial charge in [-0.1, -0.05) is 68.8 Å². The van der Waals surface area contributed by atoms with Crippen LogP contribution in [0.4, 0.5) is 10.6 Å². The molecule has 0 fully saturated rings. The minimum atomic E-state index is -1.12. The molecule has 1 aliphatic carbocycles. The summed E-state index contributed by atoms with van der Waals surface area (Å²) in [6, 6.07) is 15.0. The highest BCUT2D eigenvalue weighted by molar-refractivity contribution is 6.02. The number of hydrogen-bond donors (Lipinski definition) is 3. The van der Waals surface area contributed by atoms with Gasteiger partial charge in [0.05, 0.1) is 0 Å². The van der Waals surface area contributed by atoms with E-state index in [1.54, 1.807) is 14.0 Å². The Hall–Kier alpha value is -4.14. The molecule has 2 atom stereocenters. The predicted octanol–water partition coefficient (Wildman–Crippen LogP) is 4.01. The zero-order valence-electron chi connectivity index (χ0n) is 19.8. The van der Waals surface area contributed by atoms with Crippen LogP contribution in [-0.4, -0.2) is 45.5 Å². The van der Waals surface area contributed by atoms with Crippen LogP contribution in [0.2, 0.25) is 0 Å². The molecule has 0 unspecified atom stereocenters. The Balaban J connectivity index is 1.45. The third kappa shape index (κ3) is 4.89. The molecule has 2 aromatic carbocycles. The van der Waals surface area contributed by atoms with Crippen molar-refractivity contribution in [3.63, 3.8) is 0 Å². The fraction of sp³-hybridized carbons (Fsp3) is 0.308. The van der Waals surface area contributed by atoms with Crippen molar-refractivity contribution >= 4 is 23.8 Å². The predicted molar refractivity (Wildman–Crippen MR) is 130 cm³/mol. The molecule has 4 rings (SSSR count). The normalized spacial score (nSPS) is 13.9. The van der Waals surface area contributed by atoms with Gasteiger partial charge < -0.3 is 15.2 Å². The number of benzene rings is 2. The second-order valence-electron chi connectivity index (χ2n) is 8.69. The number of amides is 2. The topological polar surface area (TPSA) is 123 Å². The van der Waals surface area contributed by atoms with Crippen molar-refractivity contribution in [3.8, 4) is 11.1 Å². The van der Waals surface area contributed by atoms with Crippen LogP contribution < -0.4 is 10.6 Å². The standard InChI is InChI=1S/C26H28N4O5/c1-4-15(2)22(25(32)33)27-24(31)20-13-30(3)29-23(20)28-26(34)35-14-21-18-11-7-5-9-16(18)17-10-6-8-12-19(17)21/h5-13,15,21-22H,4,14H2,1-3H3,(H,27,31)(H,32,33)(H,28,29,34)/t15-,22-/m0/s1. The number of carbonyl (C=O) groups excluding carboxylic acids is 2. The molecule has 9 nitrogen and oxygen atoms in total. The fourth-order valence-electron chi connectivity index (χ4n) is 4.38. The summed E-state index contributed by atoms with van der Waals surface area (Å²) >= 11 is 0. The van der Waals surface area contributed by atoms with Crippen molar-refractivity contribution in [2.24, 2.45) is 13.0 Å². The van der Waals surface area contributed by atoms with Gasteiger partial charge >= 0.3 is 12.1 Å². The third-order valence-electron chi connectivity index (χ3n) is 6.40. The van der Waals surface area contributed by atoms with Crippen molar-refractivity contribution in [1.29, 1.82) is 0 Å². The van der Waals surface area contributed by atoms with Crippen LogP contribution in [0.15, 0.2) is 54.7 Å². The smallest absolute Gasteiger partial charge is 0.412 e. The molecule has 35 heavy (non-hydrogen) atoms. The van der Waals surface area contributed by atoms with E-state index in [1.807, 2.05) is 43.3 Å². The summed E-state index contributed by atoms with van der Waals surface area (Å²) in [5, 5.41) is 18.7. The molecule has 3 N–H and O–H groups in total. The lowest BCUT2D eigenvalue weighted by atomic mass is 9.98. The van der Waals surface area contributed by atoms with Crippen LogP contribution in [0.1, 0.15) is 47.7 Å². The average Bonchev–Trinajstić information content (AvgIpc) is 3.37. The average molecular weight is 477 g/mol. The van der Waals surface area contributed by atoms with E-state index in [1.165, 1.54) is 10.9 Å². The Labute approximate surface area is 203 Å². The maximum absolute atomic E-state index is 12.8. The molecule has 0 saturated carbocycles. The molecule has 1 heterocycles. The summed E-state index contributed by atoms with van der Waals surface area (Å²) in [6.07, 6.45) is 1.25. The van der Waals surface area contributed by atoms with E-state index in [0.29, 0.717) is 6.42 Å². The van der Waals surface area contributed by atoms with E-state index in [0.717, 1.165) is 22.3 Å². The highest BCUT2D eigenvalue weighted by Crippen LogP contribution is 2.44. The van der Waals surface area contributed by atoms with E-state index < -0.39 is 24.0 Å². The number of carboxylic acid groups (broad SMARTS) is 1. The van der Waals surface area contributed by atoms with Gasteiger partial charge in [-0.15, -0.1) is 0 Å². The SMILES string of the molecule is CC[C@H](C)[C@H](NC(=O)c1cn(C)nc1NC(=O)OCC1c2ccccc2-c2ccccc21)C(=O)O. The molecule has 3 aromatic rings. The molecular weight excluding hydrogens is 448 g/mol. The van der Waals surface area contributed by atoms with Gasteiger partial charge in [0.25, 0.3) is 5.91 Å². The first-order valence-electron chi connectivity index (χ1n) is 11.5. The molecule has 0 aliphatic heterocycles. The number of nitrogens with zero attached hydrogens (tertiary/aromatic N) is 2. The van der Waals surface area contributed by atoms with Crippen molar-refractivity contribution in [3.05, 3.63) is 71.4 Å². The first kappa shape index (κ1) is 24.0. The van der Waals surface area contributed by atoms with Gasteiger partial charge in [-0.25, -0.2) is 9.59 Å². The van der Waals surface area contributed by atoms with Gasteiger partial charge in [0.2, 0.25) is 0 Å². The Bertz CT molecular complexity index is 1220. The largest absolute Gasteiger partial charge is 0.480 e. The number of aromatic nitrogens is 2. The Morgan fingerprint density at radius 1 is 1.09 bits per heavy atom. The highest BCUT2D eigenvalue weighted by atomic mass is 16.5. The summed E-state index contributed by atoms with van der Waals surface area (Å²) in [6.45, 7) is 3.71. The zero-order chi connectivity index (χ0) is 25.1. The molecular formula is C26H28N4O5. The number of aliphatic carboxylic acids is 1. The number of rotatable bonds is 8. The minimum absolute atomic E-state index is 0.00416. The van der Waals surface area contributed by atoms with Gasteiger partial charge in [-0.05, 0) is 28.2 Å². The van der Waals surface area contributed by atoms with Gasteiger partial charge in [0.1, 0.15) is 18.2 Å². The van der Waals surface area contributed by atoms with Crippen molar-refractivity contribution in [2.45, 2.75) is 32.2 Å². The molecule has 182 valence electrons. The third-order valence-corrected chi connectivity index (χ3v) is 6.40. The quantitative estimate of drug-likeness (QED) is 0.452. The van der Waals surface area contributed by atoms with Crippen LogP contribution in [0.3, 0.4) is 0 Å².